The van der Waals surface area contributed by atoms with Crippen molar-refractivity contribution in [3.8, 4) is 21.4 Å². The molecule has 2 amide bonds. The van der Waals surface area contributed by atoms with Crippen LogP contribution in [0.1, 0.15) is 98.6 Å². The average molecular weight is 1160 g/mol. The molecule has 2 aliphatic heterocycles. The molecule has 6 heterocycles. The summed E-state index contributed by atoms with van der Waals surface area (Å²) in [6.45, 7) is 13.8. The summed E-state index contributed by atoms with van der Waals surface area (Å²) >= 11 is 7.09. The van der Waals surface area contributed by atoms with Crippen molar-refractivity contribution in [1.82, 2.24) is 30.6 Å². The smallest absolute Gasteiger partial charge is 0.408 e. The molecule has 0 saturated heterocycles. The average Bonchev–Trinajstić information content (AvgIpc) is 4.41. The monoisotopic (exact) mass is 1160 g/mol. The van der Waals surface area contributed by atoms with Gasteiger partial charge in [-0.15, -0.1) is 57.5 Å². The van der Waals surface area contributed by atoms with Crippen molar-refractivity contribution in [2.45, 2.75) is 89.9 Å². The molecule has 4 aromatic heterocycles. The zero-order chi connectivity index (χ0) is 55.2. The number of amides is 2. The van der Waals surface area contributed by atoms with Gasteiger partial charge in [0, 0.05) is 27.6 Å². The van der Waals surface area contributed by atoms with Crippen LogP contribution in [0.3, 0.4) is 0 Å². The van der Waals surface area contributed by atoms with E-state index < -0.39 is 50.1 Å². The fourth-order valence-electron chi connectivity index (χ4n) is 8.81. The Hall–Kier alpha value is -6.40. The van der Waals surface area contributed by atoms with E-state index in [-0.39, 0.29) is 41.4 Å². The van der Waals surface area contributed by atoms with Crippen LogP contribution in [-0.4, -0.2) is 105 Å². The third-order valence-electron chi connectivity index (χ3n) is 12.5. The Morgan fingerprint density at radius 3 is 1.82 bits per heavy atom. The summed E-state index contributed by atoms with van der Waals surface area (Å²) in [7, 11) is -1.71. The fraction of sp³-hybridized carbons (Fsp3) is 0.321. The maximum absolute atomic E-state index is 14.6. The number of methoxy groups -OCH3 is 1. The third kappa shape index (κ3) is 13.0. The van der Waals surface area contributed by atoms with Gasteiger partial charge in [0.1, 0.15) is 66.5 Å². The second kappa shape index (κ2) is 24.3. The minimum absolute atomic E-state index is 0.0547. The van der Waals surface area contributed by atoms with Gasteiger partial charge in [0.05, 0.1) is 36.7 Å². The molecular weight excluding hydrogens is 1100 g/mol. The number of aliphatic imine (C=N–C) groups is 2. The number of rotatable bonds is 18. The summed E-state index contributed by atoms with van der Waals surface area (Å²) in [5.74, 6) is -0.412. The molecule has 4 atom stereocenters. The SMILES string of the molecule is COC(=O)[C@@H]1CSC(c2csc(-c3csc(C(CO[Si](c4ccccc4)(c4ccccc4)C(C)(C)C)NC(=O)[C@@H]4CSC(c5csc(-c6ccc(C(=O)OCc7ccccc7)c([C@@H](C)NC(=O)OC(C)(C)C)n6)n5)=N4)n3)n2)=N1. The zero-order valence-corrected chi connectivity index (χ0v) is 49.3. The summed E-state index contributed by atoms with van der Waals surface area (Å²) in [5, 5.41) is 16.8. The number of ether oxygens (including phenoxy) is 3. The summed E-state index contributed by atoms with van der Waals surface area (Å²) in [6, 6.07) is 30.6. The van der Waals surface area contributed by atoms with E-state index in [1.54, 1.807) is 39.8 Å². The molecule has 2 N–H and O–H groups in total. The standard InChI is InChI=1S/C56H58N8O8S5Si/c1-33(57-54(68)72-55(2,3)4)45-37(52(66)70-26-34-18-12-9-13-19-34)24-25-38(58-45)47-61-41(29-74-47)49-60-40(28-73-49)46(65)59-39(27-71-78(56(5,6)7,35-20-14-10-15-21-35)36-22-16-11-17-23-36)48-62-42(30-75-48)50-63-43(31-76-50)51-64-44(32-77-51)53(67)69-8/h9-25,29-31,33,39-40,44H,26-28,32H2,1-8H3,(H,57,68)(H,59,65)/t33-,39?,40+,44+/m1/s1. The van der Waals surface area contributed by atoms with Gasteiger partial charge >= 0.3 is 18.0 Å². The van der Waals surface area contributed by atoms with Crippen molar-refractivity contribution in [3.05, 3.63) is 152 Å². The number of carbonyl (C=O) groups excluding carboxylic acids is 4. The Morgan fingerprint density at radius 1 is 0.667 bits per heavy atom. The minimum Gasteiger partial charge on any atom is -0.467 e. The molecule has 7 aromatic rings. The van der Waals surface area contributed by atoms with Crippen molar-refractivity contribution in [2.24, 2.45) is 9.98 Å². The lowest BCUT2D eigenvalue weighted by Gasteiger charge is -2.43. The number of nitrogens with zero attached hydrogens (tertiary/aromatic N) is 6. The van der Waals surface area contributed by atoms with E-state index in [0.29, 0.717) is 59.4 Å². The first kappa shape index (κ1) is 56.3. The van der Waals surface area contributed by atoms with E-state index >= 15 is 0 Å². The van der Waals surface area contributed by atoms with E-state index in [4.69, 9.17) is 43.6 Å². The summed E-state index contributed by atoms with van der Waals surface area (Å²) in [5.41, 5.74) is 2.90. The van der Waals surface area contributed by atoms with Gasteiger partial charge in [-0.3, -0.25) is 14.8 Å². The fourth-order valence-corrected chi connectivity index (χ4v) is 18.0. The topological polar surface area (TPSA) is 206 Å². The van der Waals surface area contributed by atoms with E-state index in [1.165, 1.54) is 64.6 Å². The molecule has 0 aliphatic carbocycles. The van der Waals surface area contributed by atoms with E-state index in [2.05, 4.69) is 60.7 Å². The van der Waals surface area contributed by atoms with E-state index in [0.717, 1.165) is 15.9 Å². The Kier molecular flexibility index (Phi) is 17.6. The maximum atomic E-state index is 14.6. The van der Waals surface area contributed by atoms with Crippen molar-refractivity contribution >= 4 is 110 Å². The van der Waals surface area contributed by atoms with Crippen molar-refractivity contribution in [1.29, 1.82) is 0 Å². The Labute approximate surface area is 474 Å². The number of aromatic nitrogens is 4. The number of thioether (sulfide) groups is 2. The molecule has 16 nitrogen and oxygen atoms in total. The van der Waals surface area contributed by atoms with Crippen LogP contribution >= 0.6 is 57.5 Å². The van der Waals surface area contributed by atoms with Gasteiger partial charge in [-0.1, -0.05) is 112 Å². The molecule has 0 radical (unpaired) electrons. The van der Waals surface area contributed by atoms with Crippen molar-refractivity contribution in [3.63, 3.8) is 0 Å². The lowest BCUT2D eigenvalue weighted by Crippen LogP contribution is -2.67. The van der Waals surface area contributed by atoms with Crippen LogP contribution in [0.15, 0.2) is 129 Å². The summed E-state index contributed by atoms with van der Waals surface area (Å²) < 4.78 is 23.6. The predicted octanol–water partition coefficient (Wildman–Crippen LogP) is 10.1. The van der Waals surface area contributed by atoms with Crippen LogP contribution in [-0.2, 0) is 34.8 Å². The molecule has 0 fully saturated rings. The summed E-state index contributed by atoms with van der Waals surface area (Å²) in [4.78, 5) is 82.6. The number of alkyl carbamates (subject to hydrolysis) is 1. The Morgan fingerprint density at radius 2 is 1.23 bits per heavy atom. The second-order valence-corrected chi connectivity index (χ2v) is 29.2. The number of nitrogens with one attached hydrogen (secondary N) is 2. The highest BCUT2D eigenvalue weighted by molar-refractivity contribution is 8.15. The van der Waals surface area contributed by atoms with Gasteiger partial charge in [0.15, 0.2) is 6.04 Å². The molecular formula is C56H58N8O8S5Si. The zero-order valence-electron chi connectivity index (χ0n) is 44.2. The van der Waals surface area contributed by atoms with Crippen LogP contribution in [0.5, 0.6) is 0 Å². The summed E-state index contributed by atoms with van der Waals surface area (Å²) in [6.07, 6.45) is -0.663. The number of pyridine rings is 1. The minimum atomic E-state index is -3.07. The molecule has 0 saturated carbocycles. The number of hydrogen-bond acceptors (Lipinski definition) is 19. The highest BCUT2D eigenvalue weighted by atomic mass is 32.2. The molecule has 22 heteroatoms. The van der Waals surface area contributed by atoms with Gasteiger partial charge < -0.3 is 29.3 Å². The molecule has 3 aromatic carbocycles. The highest BCUT2D eigenvalue weighted by Gasteiger charge is 2.51. The van der Waals surface area contributed by atoms with Crippen LogP contribution in [0, 0.1) is 0 Å². The van der Waals surface area contributed by atoms with Gasteiger partial charge in [-0.2, -0.15) is 0 Å². The van der Waals surface area contributed by atoms with Crippen molar-refractivity contribution in [2.75, 3.05) is 25.2 Å². The highest BCUT2D eigenvalue weighted by Crippen LogP contribution is 2.39. The predicted molar refractivity (Wildman–Crippen MR) is 314 cm³/mol. The lowest BCUT2D eigenvalue weighted by atomic mass is 10.1. The molecule has 0 bridgehead atoms. The number of esters is 2. The van der Waals surface area contributed by atoms with Gasteiger partial charge in [0.2, 0.25) is 5.91 Å². The first-order valence-corrected chi connectivity index (χ1v) is 31.5. The maximum Gasteiger partial charge on any atom is 0.408 e. The molecule has 2 aliphatic rings. The van der Waals surface area contributed by atoms with E-state index in [9.17, 15) is 19.2 Å². The van der Waals surface area contributed by atoms with Gasteiger partial charge in [-0.05, 0) is 60.8 Å². The van der Waals surface area contributed by atoms with Crippen LogP contribution < -0.4 is 21.0 Å². The molecule has 9 rings (SSSR count). The molecule has 1 unspecified atom stereocenters. The number of carbonyl (C=O) groups is 4. The first-order valence-electron chi connectivity index (χ1n) is 25.0. The third-order valence-corrected chi connectivity index (χ3v) is 22.3. The van der Waals surface area contributed by atoms with Gasteiger partial charge in [0.25, 0.3) is 8.32 Å². The molecule has 78 heavy (non-hydrogen) atoms. The Bertz CT molecular complexity index is 3300. The Balaban J connectivity index is 0.978. The number of thiazole rings is 3. The van der Waals surface area contributed by atoms with Crippen LogP contribution in [0.2, 0.25) is 5.04 Å². The number of hydrogen-bond donors (Lipinski definition) is 2. The second-order valence-electron chi connectivity index (χ2n) is 20.3. The van der Waals surface area contributed by atoms with Crippen LogP contribution in [0.25, 0.3) is 21.4 Å². The largest absolute Gasteiger partial charge is 0.467 e. The quantitative estimate of drug-likeness (QED) is 0.0466. The van der Waals surface area contributed by atoms with Crippen molar-refractivity contribution < 1.29 is 37.8 Å². The number of benzene rings is 3. The van der Waals surface area contributed by atoms with E-state index in [1.807, 2.05) is 82.9 Å². The first-order chi connectivity index (χ1) is 37.4. The molecule has 0 spiro atoms. The van der Waals surface area contributed by atoms with Crippen LogP contribution in [0.4, 0.5) is 4.79 Å². The molecule has 404 valence electrons. The normalized spacial score (nSPS) is 16.4. The lowest BCUT2D eigenvalue weighted by molar-refractivity contribution is -0.141. The van der Waals surface area contributed by atoms with Gasteiger partial charge in [-0.25, -0.2) is 34.3 Å².